The topological polar surface area (TPSA) is 46.4 Å². The lowest BCUT2D eigenvalue weighted by Crippen LogP contribution is -2.21. The van der Waals surface area contributed by atoms with Crippen LogP contribution in [0.2, 0.25) is 0 Å². The van der Waals surface area contributed by atoms with E-state index in [0.29, 0.717) is 0 Å². The Morgan fingerprint density at radius 3 is 1.76 bits per heavy atom. The minimum Gasteiger partial charge on any atom is -0.304 e. The molecular weight excluding hydrogens is 236 g/mol. The highest BCUT2D eigenvalue weighted by molar-refractivity contribution is 7.80. The van der Waals surface area contributed by atoms with Gasteiger partial charge >= 0.3 is 0 Å². The van der Waals surface area contributed by atoms with E-state index in [0.717, 1.165) is 4.90 Å². The van der Waals surface area contributed by atoms with Gasteiger partial charge in [-0.3, -0.25) is 10.1 Å². The Balaban J connectivity index is 0.000000325. The second-order valence-corrected chi connectivity index (χ2v) is 3.91. The maximum atomic E-state index is 10.1. The van der Waals surface area contributed by atoms with Crippen LogP contribution in [-0.2, 0) is 0 Å². The quantitative estimate of drug-likeness (QED) is 0.511. The third-order valence-electron chi connectivity index (χ3n) is 2.40. The normalized spacial score (nSPS) is 9.71. The molecule has 0 amide bonds. The zero-order valence-electron chi connectivity index (χ0n) is 10.6. The van der Waals surface area contributed by atoms with Crippen molar-refractivity contribution in [1.82, 2.24) is 4.90 Å². The summed E-state index contributed by atoms with van der Waals surface area (Å²) in [6, 6.07) is 6.01. The van der Waals surface area contributed by atoms with E-state index >= 15 is 0 Å². The third kappa shape index (κ3) is 6.97. The van der Waals surface area contributed by atoms with Crippen molar-refractivity contribution in [2.24, 2.45) is 0 Å². The van der Waals surface area contributed by atoms with E-state index in [9.17, 15) is 10.1 Å². The van der Waals surface area contributed by atoms with E-state index in [1.807, 2.05) is 0 Å². The largest absolute Gasteiger partial charge is 0.304 e. The van der Waals surface area contributed by atoms with Gasteiger partial charge in [0.2, 0.25) is 0 Å². The highest BCUT2D eigenvalue weighted by Gasteiger charge is 2.00. The van der Waals surface area contributed by atoms with Gasteiger partial charge in [0.1, 0.15) is 0 Å². The van der Waals surface area contributed by atoms with Gasteiger partial charge in [-0.25, -0.2) is 0 Å². The van der Waals surface area contributed by atoms with Crippen LogP contribution in [-0.4, -0.2) is 29.5 Å². The summed E-state index contributed by atoms with van der Waals surface area (Å²) in [5, 5.41) is 10.1. The van der Waals surface area contributed by atoms with Crippen LogP contribution in [0.1, 0.15) is 20.8 Å². The first-order valence-electron chi connectivity index (χ1n) is 5.70. The van der Waals surface area contributed by atoms with Crippen LogP contribution in [0.5, 0.6) is 0 Å². The summed E-state index contributed by atoms with van der Waals surface area (Å²) >= 11 is 3.98. The maximum absolute atomic E-state index is 10.1. The van der Waals surface area contributed by atoms with Crippen LogP contribution in [0.25, 0.3) is 0 Å². The highest BCUT2D eigenvalue weighted by Crippen LogP contribution is 2.13. The lowest BCUT2D eigenvalue weighted by Gasteiger charge is -2.13. The van der Waals surface area contributed by atoms with Gasteiger partial charge in [-0.05, 0) is 31.8 Å². The molecule has 0 aromatic heterocycles. The van der Waals surface area contributed by atoms with Gasteiger partial charge < -0.3 is 4.90 Å². The predicted octanol–water partition coefficient (Wildman–Crippen LogP) is 3.23. The number of hydrogen-bond acceptors (Lipinski definition) is 4. The van der Waals surface area contributed by atoms with E-state index in [4.69, 9.17) is 0 Å². The first kappa shape index (κ1) is 15.9. The van der Waals surface area contributed by atoms with Crippen molar-refractivity contribution in [1.29, 1.82) is 0 Å². The molecule has 96 valence electrons. The summed E-state index contributed by atoms with van der Waals surface area (Å²) in [6.45, 7) is 10.1. The molecule has 0 atom stereocenters. The molecule has 0 N–H and O–H groups in total. The molecule has 1 aromatic carbocycles. The van der Waals surface area contributed by atoms with Crippen LogP contribution in [0, 0.1) is 10.1 Å². The molecule has 0 heterocycles. The Morgan fingerprint density at radius 1 is 1.12 bits per heavy atom. The molecule has 0 unspecified atom stereocenters. The number of thiol groups is 1. The lowest BCUT2D eigenvalue weighted by molar-refractivity contribution is -0.384. The van der Waals surface area contributed by atoms with Gasteiger partial charge in [-0.2, -0.15) is 0 Å². The number of rotatable bonds is 4. The second kappa shape index (κ2) is 9.01. The number of nitro benzene ring substituents is 1. The van der Waals surface area contributed by atoms with Gasteiger partial charge in [0.15, 0.2) is 0 Å². The van der Waals surface area contributed by atoms with Gasteiger partial charge in [0.25, 0.3) is 5.69 Å². The van der Waals surface area contributed by atoms with Crippen molar-refractivity contribution in [2.45, 2.75) is 25.7 Å². The highest BCUT2D eigenvalue weighted by atomic mass is 32.1. The minimum atomic E-state index is -0.437. The second-order valence-electron chi connectivity index (χ2n) is 3.39. The SMILES string of the molecule is CCN(CC)CC.O=[N+]([O-])c1ccc(S)cc1. The van der Waals surface area contributed by atoms with Gasteiger partial charge in [-0.15, -0.1) is 12.6 Å². The van der Waals surface area contributed by atoms with E-state index < -0.39 is 4.92 Å². The predicted molar refractivity (Wildman–Crippen MR) is 73.8 cm³/mol. The Kier molecular flexibility index (Phi) is 8.44. The molecule has 0 radical (unpaired) electrons. The Bertz CT molecular complexity index is 318. The fourth-order valence-electron chi connectivity index (χ4n) is 1.25. The number of non-ortho nitro benzene ring substituents is 1. The van der Waals surface area contributed by atoms with Crippen molar-refractivity contribution in [3.8, 4) is 0 Å². The Hall–Kier alpha value is -1.07. The monoisotopic (exact) mass is 256 g/mol. The van der Waals surface area contributed by atoms with Crippen molar-refractivity contribution < 1.29 is 4.92 Å². The van der Waals surface area contributed by atoms with Crippen molar-refractivity contribution in [3.05, 3.63) is 34.4 Å². The summed E-state index contributed by atoms with van der Waals surface area (Å²) in [4.78, 5) is 12.8. The number of nitrogens with zero attached hydrogens (tertiary/aromatic N) is 2. The fourth-order valence-corrected chi connectivity index (χ4v) is 1.39. The molecule has 17 heavy (non-hydrogen) atoms. The number of nitro groups is 1. The Labute approximate surface area is 108 Å². The molecule has 4 nitrogen and oxygen atoms in total. The number of hydrogen-bond donors (Lipinski definition) is 1. The van der Waals surface area contributed by atoms with E-state index in [-0.39, 0.29) is 5.69 Å². The molecule has 0 aliphatic carbocycles. The lowest BCUT2D eigenvalue weighted by atomic mass is 10.3. The molecular formula is C12H20N2O2S. The van der Waals surface area contributed by atoms with Crippen LogP contribution >= 0.6 is 12.6 Å². The van der Waals surface area contributed by atoms with E-state index in [2.05, 4.69) is 38.3 Å². The molecule has 0 spiro atoms. The third-order valence-corrected chi connectivity index (χ3v) is 2.70. The van der Waals surface area contributed by atoms with Crippen molar-refractivity contribution >= 4 is 18.3 Å². The van der Waals surface area contributed by atoms with Crippen LogP contribution in [0.4, 0.5) is 5.69 Å². The zero-order chi connectivity index (χ0) is 13.3. The first-order chi connectivity index (χ1) is 8.04. The first-order valence-corrected chi connectivity index (χ1v) is 6.15. The zero-order valence-corrected chi connectivity index (χ0v) is 11.5. The molecule has 0 fully saturated rings. The smallest absolute Gasteiger partial charge is 0.269 e. The van der Waals surface area contributed by atoms with Gasteiger partial charge in [0.05, 0.1) is 4.92 Å². The van der Waals surface area contributed by atoms with Crippen molar-refractivity contribution in [3.63, 3.8) is 0 Å². The standard InChI is InChI=1S/C6H5NO2S.C6H15N/c8-7(9)5-1-3-6(10)4-2-5;1-4-7(5-2)6-3/h1-4,10H;4-6H2,1-3H3. The molecule has 0 saturated heterocycles. The number of benzene rings is 1. The average molecular weight is 256 g/mol. The van der Waals surface area contributed by atoms with Crippen LogP contribution < -0.4 is 0 Å². The van der Waals surface area contributed by atoms with Gasteiger partial charge in [-0.1, -0.05) is 20.8 Å². The van der Waals surface area contributed by atoms with Crippen LogP contribution in [0.15, 0.2) is 29.2 Å². The summed E-state index contributed by atoms with van der Waals surface area (Å²) in [5.74, 6) is 0. The molecule has 0 bridgehead atoms. The summed E-state index contributed by atoms with van der Waals surface area (Å²) in [6.07, 6.45) is 0. The summed E-state index contributed by atoms with van der Waals surface area (Å²) < 4.78 is 0. The molecule has 1 aromatic rings. The van der Waals surface area contributed by atoms with Crippen LogP contribution in [0.3, 0.4) is 0 Å². The Morgan fingerprint density at radius 2 is 1.53 bits per heavy atom. The minimum absolute atomic E-state index is 0.0952. The molecule has 0 aliphatic rings. The summed E-state index contributed by atoms with van der Waals surface area (Å²) in [7, 11) is 0. The molecule has 0 aliphatic heterocycles. The maximum Gasteiger partial charge on any atom is 0.269 e. The molecule has 0 saturated carbocycles. The van der Waals surface area contributed by atoms with E-state index in [1.165, 1.54) is 31.8 Å². The summed E-state index contributed by atoms with van der Waals surface area (Å²) in [5.41, 5.74) is 0.0952. The molecule has 1 rings (SSSR count). The van der Waals surface area contributed by atoms with Crippen molar-refractivity contribution in [2.75, 3.05) is 19.6 Å². The fraction of sp³-hybridized carbons (Fsp3) is 0.500. The molecule has 5 heteroatoms. The average Bonchev–Trinajstić information content (AvgIpc) is 2.32. The van der Waals surface area contributed by atoms with E-state index in [1.54, 1.807) is 12.1 Å². The van der Waals surface area contributed by atoms with Gasteiger partial charge in [0, 0.05) is 17.0 Å².